The lowest BCUT2D eigenvalue weighted by Crippen LogP contribution is -2.42. The Morgan fingerprint density at radius 2 is 2.00 bits per heavy atom. The second-order valence-electron chi connectivity index (χ2n) is 4.28. The van der Waals surface area contributed by atoms with Crippen molar-refractivity contribution < 1.29 is 15.1 Å². The van der Waals surface area contributed by atoms with Gasteiger partial charge in [-0.1, -0.05) is 6.07 Å². The summed E-state index contributed by atoms with van der Waals surface area (Å²) in [4.78, 5) is 10.3. The van der Waals surface area contributed by atoms with Gasteiger partial charge in [-0.25, -0.2) is 0 Å². The van der Waals surface area contributed by atoms with Crippen LogP contribution in [-0.4, -0.2) is 33.9 Å². The normalized spacial score (nSPS) is 11.3. The van der Waals surface area contributed by atoms with Crippen LogP contribution in [0.2, 0.25) is 0 Å². The van der Waals surface area contributed by atoms with Gasteiger partial charge in [0, 0.05) is 6.07 Å². The van der Waals surface area contributed by atoms with Gasteiger partial charge < -0.3 is 15.5 Å². The van der Waals surface area contributed by atoms with Crippen molar-refractivity contribution in [2.24, 2.45) is 0 Å². The molecule has 17 heavy (non-hydrogen) atoms. The fourth-order valence-electron chi connectivity index (χ4n) is 1.36. The molecule has 0 amide bonds. The second kappa shape index (κ2) is 5.11. The zero-order chi connectivity index (χ0) is 13.1. The monoisotopic (exact) mass is 240 g/mol. The van der Waals surface area contributed by atoms with Crippen molar-refractivity contribution in [3.8, 4) is 0 Å². The average Bonchev–Trinajstić information content (AvgIpc) is 2.28. The lowest BCUT2D eigenvalue weighted by Gasteiger charge is -2.27. The number of nitro benzene ring substituents is 1. The average molecular weight is 240 g/mol. The maximum atomic E-state index is 10.8. The standard InChI is InChI=1S/C11H16N2O4/c1-8-3-4-10(13(16)17)9(5-8)12-11(2,6-14)7-15/h3-5,12,14-15H,6-7H2,1-2H3. The molecule has 0 saturated carbocycles. The van der Waals surface area contributed by atoms with E-state index in [2.05, 4.69) is 5.32 Å². The molecule has 0 spiro atoms. The molecule has 0 aliphatic rings. The molecule has 6 heteroatoms. The molecule has 0 radical (unpaired) electrons. The molecule has 6 nitrogen and oxygen atoms in total. The van der Waals surface area contributed by atoms with Crippen molar-refractivity contribution in [1.29, 1.82) is 0 Å². The van der Waals surface area contributed by atoms with Gasteiger partial charge in [0.15, 0.2) is 0 Å². The van der Waals surface area contributed by atoms with Gasteiger partial charge in [0.2, 0.25) is 0 Å². The Hall–Kier alpha value is -1.66. The van der Waals surface area contributed by atoms with Crippen LogP contribution in [-0.2, 0) is 0 Å². The molecule has 94 valence electrons. The third-order valence-corrected chi connectivity index (χ3v) is 2.48. The van der Waals surface area contributed by atoms with Crippen LogP contribution in [0.15, 0.2) is 18.2 Å². The highest BCUT2D eigenvalue weighted by Gasteiger charge is 2.25. The predicted molar refractivity (Wildman–Crippen MR) is 64.0 cm³/mol. The van der Waals surface area contributed by atoms with Gasteiger partial charge in [-0.3, -0.25) is 10.1 Å². The molecule has 0 unspecified atom stereocenters. The van der Waals surface area contributed by atoms with Crippen LogP contribution >= 0.6 is 0 Å². The van der Waals surface area contributed by atoms with Gasteiger partial charge in [0.25, 0.3) is 5.69 Å². The fraction of sp³-hybridized carbons (Fsp3) is 0.455. The first-order valence-electron chi connectivity index (χ1n) is 5.17. The van der Waals surface area contributed by atoms with Crippen LogP contribution in [0.3, 0.4) is 0 Å². The number of nitrogens with one attached hydrogen (secondary N) is 1. The molecule has 0 saturated heterocycles. The third kappa shape index (κ3) is 3.15. The zero-order valence-corrected chi connectivity index (χ0v) is 9.80. The quantitative estimate of drug-likeness (QED) is 0.528. The molecule has 3 N–H and O–H groups in total. The Morgan fingerprint density at radius 3 is 2.47 bits per heavy atom. The van der Waals surface area contributed by atoms with Gasteiger partial charge in [0.1, 0.15) is 5.69 Å². The van der Waals surface area contributed by atoms with Gasteiger partial charge >= 0.3 is 0 Å². The van der Waals surface area contributed by atoms with Gasteiger partial charge in [0.05, 0.1) is 23.7 Å². The van der Waals surface area contributed by atoms with Gasteiger partial charge in [-0.15, -0.1) is 0 Å². The zero-order valence-electron chi connectivity index (χ0n) is 9.80. The summed E-state index contributed by atoms with van der Waals surface area (Å²) in [6.45, 7) is 2.74. The van der Waals surface area contributed by atoms with E-state index in [1.165, 1.54) is 6.07 Å². The smallest absolute Gasteiger partial charge is 0.292 e. The third-order valence-electron chi connectivity index (χ3n) is 2.48. The van der Waals surface area contributed by atoms with E-state index in [1.807, 2.05) is 6.92 Å². The van der Waals surface area contributed by atoms with Crippen molar-refractivity contribution in [3.63, 3.8) is 0 Å². The minimum Gasteiger partial charge on any atom is -0.394 e. The molecule has 1 rings (SSSR count). The van der Waals surface area contributed by atoms with Crippen molar-refractivity contribution in [2.45, 2.75) is 19.4 Å². The predicted octanol–water partition coefficient (Wildman–Crippen LogP) is 1.06. The fourth-order valence-corrected chi connectivity index (χ4v) is 1.36. The number of anilines is 1. The summed E-state index contributed by atoms with van der Waals surface area (Å²) >= 11 is 0. The topological polar surface area (TPSA) is 95.6 Å². The first-order valence-corrected chi connectivity index (χ1v) is 5.17. The molecule has 1 aromatic carbocycles. The summed E-state index contributed by atoms with van der Waals surface area (Å²) < 4.78 is 0. The summed E-state index contributed by atoms with van der Waals surface area (Å²) in [6, 6.07) is 4.65. The number of hydrogen-bond acceptors (Lipinski definition) is 5. The first-order chi connectivity index (χ1) is 7.91. The molecular formula is C11H16N2O4. The Labute approximate surface area is 99.0 Å². The van der Waals surface area contributed by atoms with Crippen LogP contribution in [0.4, 0.5) is 11.4 Å². The summed E-state index contributed by atoms with van der Waals surface area (Å²) in [7, 11) is 0. The molecule has 0 aliphatic carbocycles. The van der Waals surface area contributed by atoms with E-state index in [1.54, 1.807) is 19.1 Å². The molecule has 1 aromatic rings. The molecule has 0 atom stereocenters. The molecule has 0 heterocycles. The highest BCUT2D eigenvalue weighted by Crippen LogP contribution is 2.27. The molecule has 0 fully saturated rings. The van der Waals surface area contributed by atoms with E-state index in [4.69, 9.17) is 10.2 Å². The van der Waals surface area contributed by atoms with E-state index in [0.717, 1.165) is 5.56 Å². The number of aliphatic hydroxyl groups is 2. The number of nitrogens with zero attached hydrogens (tertiary/aromatic N) is 1. The first kappa shape index (κ1) is 13.4. The lowest BCUT2D eigenvalue weighted by atomic mass is 10.0. The molecule has 0 aliphatic heterocycles. The Balaban J connectivity index is 3.12. The summed E-state index contributed by atoms with van der Waals surface area (Å²) in [5.41, 5.74) is 0.0825. The maximum absolute atomic E-state index is 10.8. The SMILES string of the molecule is Cc1ccc([N+](=O)[O-])c(NC(C)(CO)CO)c1. The van der Waals surface area contributed by atoms with E-state index in [9.17, 15) is 10.1 Å². The Kier molecular flexibility index (Phi) is 4.03. The lowest BCUT2D eigenvalue weighted by molar-refractivity contribution is -0.384. The van der Waals surface area contributed by atoms with Crippen LogP contribution in [0.5, 0.6) is 0 Å². The number of aryl methyl sites for hydroxylation is 1. The van der Waals surface area contributed by atoms with Crippen LogP contribution < -0.4 is 5.32 Å². The summed E-state index contributed by atoms with van der Waals surface area (Å²) in [6.07, 6.45) is 0. The van der Waals surface area contributed by atoms with Gasteiger partial charge in [-0.05, 0) is 25.5 Å². The molecule has 0 aromatic heterocycles. The minimum absolute atomic E-state index is 0.0799. The second-order valence-corrected chi connectivity index (χ2v) is 4.28. The molecule has 0 bridgehead atoms. The van der Waals surface area contributed by atoms with Crippen LogP contribution in [0.1, 0.15) is 12.5 Å². The Morgan fingerprint density at radius 1 is 1.41 bits per heavy atom. The summed E-state index contributed by atoms with van der Waals surface area (Å²) in [5.74, 6) is 0. The highest BCUT2D eigenvalue weighted by atomic mass is 16.6. The van der Waals surface area contributed by atoms with E-state index >= 15 is 0 Å². The number of benzene rings is 1. The van der Waals surface area contributed by atoms with Crippen molar-refractivity contribution >= 4 is 11.4 Å². The summed E-state index contributed by atoms with van der Waals surface area (Å²) in [5, 5.41) is 31.9. The largest absolute Gasteiger partial charge is 0.394 e. The van der Waals surface area contributed by atoms with Crippen molar-refractivity contribution in [2.75, 3.05) is 18.5 Å². The van der Waals surface area contributed by atoms with Crippen molar-refractivity contribution in [1.82, 2.24) is 0 Å². The highest BCUT2D eigenvalue weighted by molar-refractivity contribution is 5.63. The number of rotatable bonds is 5. The van der Waals surface area contributed by atoms with E-state index in [0.29, 0.717) is 5.69 Å². The number of nitro groups is 1. The molecular weight excluding hydrogens is 224 g/mol. The van der Waals surface area contributed by atoms with Crippen LogP contribution in [0.25, 0.3) is 0 Å². The van der Waals surface area contributed by atoms with Crippen LogP contribution in [0, 0.1) is 17.0 Å². The number of aliphatic hydroxyl groups excluding tert-OH is 2. The Bertz CT molecular complexity index is 416. The maximum Gasteiger partial charge on any atom is 0.292 e. The number of hydrogen-bond donors (Lipinski definition) is 3. The minimum atomic E-state index is -0.988. The van der Waals surface area contributed by atoms with E-state index in [-0.39, 0.29) is 18.9 Å². The van der Waals surface area contributed by atoms with Crippen molar-refractivity contribution in [3.05, 3.63) is 33.9 Å². The van der Waals surface area contributed by atoms with E-state index < -0.39 is 10.5 Å². The van der Waals surface area contributed by atoms with Gasteiger partial charge in [-0.2, -0.15) is 0 Å².